The van der Waals surface area contributed by atoms with E-state index in [9.17, 15) is 14.3 Å². The minimum Gasteiger partial charge on any atom is -0.388 e. The fraction of sp³-hybridized carbons (Fsp3) is 0.611. The summed E-state index contributed by atoms with van der Waals surface area (Å²) in [5.41, 5.74) is -0.418. The number of piperidine rings is 1. The monoisotopic (exact) mass is 372 g/mol. The SMILES string of the molecule is Cc1ccc(F)cc1C(=O)N[C@]1(C)CCOC2(CCNCC2)[C@H]1O.Cl. The number of aliphatic hydroxyl groups is 1. The Hall–Kier alpha value is -1.21. The highest BCUT2D eigenvalue weighted by Crippen LogP contribution is 2.38. The van der Waals surface area contributed by atoms with Crippen molar-refractivity contribution in [3.8, 4) is 0 Å². The van der Waals surface area contributed by atoms with Gasteiger partial charge in [0.1, 0.15) is 11.9 Å². The number of hydrogen-bond donors (Lipinski definition) is 3. The van der Waals surface area contributed by atoms with E-state index in [2.05, 4.69) is 10.6 Å². The first kappa shape index (κ1) is 20.1. The largest absolute Gasteiger partial charge is 0.388 e. The normalized spacial score (nSPS) is 28.2. The molecule has 5 nitrogen and oxygen atoms in total. The number of carbonyl (C=O) groups excluding carboxylic acids is 1. The quantitative estimate of drug-likeness (QED) is 0.742. The molecule has 140 valence electrons. The van der Waals surface area contributed by atoms with Crippen LogP contribution in [-0.4, -0.2) is 48.0 Å². The summed E-state index contributed by atoms with van der Waals surface area (Å²) in [6.07, 6.45) is 1.12. The standard InChI is InChI=1S/C18H25FN2O3.ClH/c1-12-3-4-13(19)11-14(12)15(22)21-17(2)7-10-24-18(16(17)23)5-8-20-9-6-18;/h3-4,11,16,20,23H,5-10H2,1-2H3,(H,21,22);1H/t16-,17+;/m0./s1. The van der Waals surface area contributed by atoms with Crippen molar-refractivity contribution in [3.63, 3.8) is 0 Å². The van der Waals surface area contributed by atoms with Gasteiger partial charge in [-0.05, 0) is 63.9 Å². The Bertz CT molecular complexity index is 631. The Morgan fingerprint density at radius 2 is 2.04 bits per heavy atom. The van der Waals surface area contributed by atoms with Gasteiger partial charge in [0.2, 0.25) is 0 Å². The highest BCUT2D eigenvalue weighted by molar-refractivity contribution is 5.96. The minimum atomic E-state index is -0.807. The fourth-order valence-corrected chi connectivity index (χ4v) is 3.83. The topological polar surface area (TPSA) is 70.6 Å². The summed E-state index contributed by atoms with van der Waals surface area (Å²) in [7, 11) is 0. The van der Waals surface area contributed by atoms with Crippen molar-refractivity contribution < 1.29 is 19.0 Å². The number of hydrogen-bond acceptors (Lipinski definition) is 4. The summed E-state index contributed by atoms with van der Waals surface area (Å²) >= 11 is 0. The number of amides is 1. The van der Waals surface area contributed by atoms with Crippen LogP contribution in [0, 0.1) is 12.7 Å². The predicted octanol–water partition coefficient (Wildman–Crippen LogP) is 1.95. The van der Waals surface area contributed by atoms with Crippen molar-refractivity contribution in [2.75, 3.05) is 19.7 Å². The Balaban J connectivity index is 0.00000225. The van der Waals surface area contributed by atoms with Crippen LogP contribution in [0.3, 0.4) is 0 Å². The predicted molar refractivity (Wildman–Crippen MR) is 95.7 cm³/mol. The first-order chi connectivity index (χ1) is 11.4. The summed E-state index contributed by atoms with van der Waals surface area (Å²) < 4.78 is 19.4. The zero-order valence-corrected chi connectivity index (χ0v) is 15.4. The van der Waals surface area contributed by atoms with Gasteiger partial charge in [-0.2, -0.15) is 0 Å². The zero-order valence-electron chi connectivity index (χ0n) is 14.6. The van der Waals surface area contributed by atoms with Crippen LogP contribution in [0.5, 0.6) is 0 Å². The molecule has 25 heavy (non-hydrogen) atoms. The molecule has 2 heterocycles. The molecule has 3 N–H and O–H groups in total. The van der Waals surface area contributed by atoms with Crippen molar-refractivity contribution in [1.82, 2.24) is 10.6 Å². The number of carbonyl (C=O) groups is 1. The van der Waals surface area contributed by atoms with E-state index in [0.29, 0.717) is 37.0 Å². The third kappa shape index (κ3) is 3.82. The van der Waals surface area contributed by atoms with Crippen molar-refractivity contribution in [1.29, 1.82) is 0 Å². The smallest absolute Gasteiger partial charge is 0.252 e. The summed E-state index contributed by atoms with van der Waals surface area (Å²) in [5.74, 6) is -0.808. The van der Waals surface area contributed by atoms with Gasteiger partial charge >= 0.3 is 0 Å². The van der Waals surface area contributed by atoms with E-state index in [0.717, 1.165) is 13.1 Å². The molecule has 0 aliphatic carbocycles. The summed E-state index contributed by atoms with van der Waals surface area (Å²) in [6, 6.07) is 4.16. The molecule has 1 spiro atoms. The van der Waals surface area contributed by atoms with Gasteiger partial charge in [-0.25, -0.2) is 4.39 Å². The van der Waals surface area contributed by atoms with E-state index in [-0.39, 0.29) is 18.3 Å². The molecule has 1 amide bonds. The van der Waals surface area contributed by atoms with Gasteiger partial charge in [0.25, 0.3) is 5.91 Å². The molecule has 2 aliphatic heterocycles. The van der Waals surface area contributed by atoms with Gasteiger partial charge in [0.15, 0.2) is 0 Å². The van der Waals surface area contributed by atoms with E-state index in [1.165, 1.54) is 12.1 Å². The third-order valence-corrected chi connectivity index (χ3v) is 5.41. The van der Waals surface area contributed by atoms with Crippen LogP contribution in [0.15, 0.2) is 18.2 Å². The molecule has 7 heteroatoms. The second kappa shape index (κ2) is 7.58. The molecule has 1 aromatic rings. The highest BCUT2D eigenvalue weighted by Gasteiger charge is 2.53. The number of aryl methyl sites for hydroxylation is 1. The van der Waals surface area contributed by atoms with E-state index in [1.807, 2.05) is 6.92 Å². The van der Waals surface area contributed by atoms with Crippen molar-refractivity contribution in [3.05, 3.63) is 35.1 Å². The van der Waals surface area contributed by atoms with Crippen LogP contribution in [0.25, 0.3) is 0 Å². The second-order valence-corrected chi connectivity index (χ2v) is 7.15. The average molecular weight is 373 g/mol. The number of nitrogens with one attached hydrogen (secondary N) is 2. The molecule has 1 aromatic carbocycles. The van der Waals surface area contributed by atoms with Crippen LogP contribution < -0.4 is 10.6 Å². The third-order valence-electron chi connectivity index (χ3n) is 5.41. The Morgan fingerprint density at radius 3 is 2.72 bits per heavy atom. The first-order valence-electron chi connectivity index (χ1n) is 8.48. The van der Waals surface area contributed by atoms with E-state index in [4.69, 9.17) is 4.74 Å². The summed E-state index contributed by atoms with van der Waals surface area (Å²) in [6.45, 7) is 5.66. The number of halogens is 2. The minimum absolute atomic E-state index is 0. The van der Waals surface area contributed by atoms with E-state index < -0.39 is 23.1 Å². The Labute approximate surface area is 153 Å². The number of aliphatic hydroxyl groups excluding tert-OH is 1. The van der Waals surface area contributed by atoms with Crippen LogP contribution in [0.4, 0.5) is 4.39 Å². The lowest BCUT2D eigenvalue weighted by Crippen LogP contribution is -2.69. The molecule has 3 rings (SSSR count). The average Bonchev–Trinajstić information content (AvgIpc) is 2.56. The molecule has 0 bridgehead atoms. The molecular weight excluding hydrogens is 347 g/mol. The fourth-order valence-electron chi connectivity index (χ4n) is 3.83. The molecule has 2 atom stereocenters. The van der Waals surface area contributed by atoms with Gasteiger partial charge in [-0.1, -0.05) is 6.07 Å². The Morgan fingerprint density at radius 1 is 1.36 bits per heavy atom. The second-order valence-electron chi connectivity index (χ2n) is 7.15. The molecule has 0 aromatic heterocycles. The van der Waals surface area contributed by atoms with E-state index >= 15 is 0 Å². The number of ether oxygens (including phenoxy) is 1. The lowest BCUT2D eigenvalue weighted by Gasteiger charge is -2.52. The molecule has 2 saturated heterocycles. The summed E-state index contributed by atoms with van der Waals surface area (Å²) in [4.78, 5) is 12.7. The van der Waals surface area contributed by atoms with Gasteiger partial charge < -0.3 is 20.5 Å². The molecule has 0 unspecified atom stereocenters. The zero-order chi connectivity index (χ0) is 17.4. The van der Waals surface area contributed by atoms with Crippen LogP contribution >= 0.6 is 12.4 Å². The van der Waals surface area contributed by atoms with Gasteiger partial charge in [-0.15, -0.1) is 12.4 Å². The van der Waals surface area contributed by atoms with Crippen molar-refractivity contribution >= 4 is 18.3 Å². The lowest BCUT2D eigenvalue weighted by atomic mass is 9.73. The maximum absolute atomic E-state index is 13.5. The Kier molecular flexibility index (Phi) is 6.09. The van der Waals surface area contributed by atoms with Gasteiger partial charge in [-0.3, -0.25) is 4.79 Å². The molecule has 2 fully saturated rings. The molecule has 0 radical (unpaired) electrons. The van der Waals surface area contributed by atoms with Gasteiger partial charge in [0.05, 0.1) is 11.1 Å². The van der Waals surface area contributed by atoms with E-state index in [1.54, 1.807) is 13.0 Å². The van der Waals surface area contributed by atoms with Crippen LogP contribution in [0.2, 0.25) is 0 Å². The molecular formula is C18H26ClFN2O3. The van der Waals surface area contributed by atoms with Crippen LogP contribution in [0.1, 0.15) is 42.1 Å². The molecule has 0 saturated carbocycles. The lowest BCUT2D eigenvalue weighted by molar-refractivity contribution is -0.197. The first-order valence-corrected chi connectivity index (χ1v) is 8.48. The van der Waals surface area contributed by atoms with Crippen molar-refractivity contribution in [2.45, 2.75) is 50.4 Å². The van der Waals surface area contributed by atoms with Crippen molar-refractivity contribution in [2.24, 2.45) is 0 Å². The number of benzene rings is 1. The van der Waals surface area contributed by atoms with Gasteiger partial charge in [0, 0.05) is 12.2 Å². The molecule has 2 aliphatic rings. The summed E-state index contributed by atoms with van der Waals surface area (Å²) in [5, 5.41) is 17.2. The number of rotatable bonds is 2. The van der Waals surface area contributed by atoms with Crippen LogP contribution in [-0.2, 0) is 4.74 Å². The highest BCUT2D eigenvalue weighted by atomic mass is 35.5. The maximum atomic E-state index is 13.5. The maximum Gasteiger partial charge on any atom is 0.252 e.